The molecule has 0 amide bonds. The van der Waals surface area contributed by atoms with E-state index in [0.29, 0.717) is 13.0 Å². The standard InChI is InChI=1S/C24H33NO4.C2H6/c1-7-20(9-8-14-25(5)18-29-6)21-12-10-19(11-13-21)15-24(17-26,22(27)28)16-23(2,3)4;1-2/h7-14,17H,1,15-16,18H2,2-6H3,(H,27,28);1-2H3/b14-8-,20-9+;. The predicted molar refractivity (Wildman–Crippen MR) is 129 cm³/mol. The molecule has 1 atom stereocenters. The number of aliphatic carboxylic acids is 1. The molecule has 0 spiro atoms. The van der Waals surface area contributed by atoms with Gasteiger partial charge < -0.3 is 19.5 Å². The third-order valence-corrected chi connectivity index (χ3v) is 4.47. The van der Waals surface area contributed by atoms with Crippen LogP contribution < -0.4 is 0 Å². The zero-order valence-electron chi connectivity index (χ0n) is 20.1. The highest BCUT2D eigenvalue weighted by molar-refractivity contribution is 5.92. The normalized spacial score (nSPS) is 13.7. The van der Waals surface area contributed by atoms with Crippen molar-refractivity contribution in [2.75, 3.05) is 20.9 Å². The number of methoxy groups -OCH3 is 1. The van der Waals surface area contributed by atoms with Crippen LogP contribution in [0.3, 0.4) is 0 Å². The van der Waals surface area contributed by atoms with Gasteiger partial charge in [-0.1, -0.05) is 77.6 Å². The van der Waals surface area contributed by atoms with Crippen molar-refractivity contribution in [1.82, 2.24) is 4.90 Å². The Bertz CT molecular complexity index is 757. The van der Waals surface area contributed by atoms with E-state index in [1.807, 2.05) is 89.2 Å². The van der Waals surface area contributed by atoms with Crippen molar-refractivity contribution in [3.8, 4) is 0 Å². The van der Waals surface area contributed by atoms with Gasteiger partial charge in [0.25, 0.3) is 0 Å². The van der Waals surface area contributed by atoms with Crippen LogP contribution in [0.25, 0.3) is 5.57 Å². The molecule has 0 aliphatic carbocycles. The first kappa shape index (κ1) is 28.3. The highest BCUT2D eigenvalue weighted by Crippen LogP contribution is 2.35. The average molecular weight is 430 g/mol. The maximum Gasteiger partial charge on any atom is 0.317 e. The summed E-state index contributed by atoms with van der Waals surface area (Å²) in [5, 5.41) is 9.74. The molecule has 0 aromatic heterocycles. The Morgan fingerprint density at radius 3 is 2.19 bits per heavy atom. The van der Waals surface area contributed by atoms with Gasteiger partial charge in [-0.05, 0) is 41.0 Å². The summed E-state index contributed by atoms with van der Waals surface area (Å²) in [6, 6.07) is 7.59. The molecule has 0 saturated heterocycles. The summed E-state index contributed by atoms with van der Waals surface area (Å²) in [6.45, 7) is 14.2. The SMILES string of the molecule is C=C/C(=C\C=C/N(C)COC)c1ccc(CC(C=O)(CC(C)(C)C)C(=O)O)cc1.CC. The van der Waals surface area contributed by atoms with Gasteiger partial charge in [0.2, 0.25) is 0 Å². The van der Waals surface area contributed by atoms with Gasteiger partial charge in [-0.15, -0.1) is 0 Å². The summed E-state index contributed by atoms with van der Waals surface area (Å²) >= 11 is 0. The number of carboxylic acid groups (broad SMARTS) is 1. The van der Waals surface area contributed by atoms with E-state index < -0.39 is 11.4 Å². The lowest BCUT2D eigenvalue weighted by Crippen LogP contribution is -2.38. The molecule has 5 heteroatoms. The van der Waals surface area contributed by atoms with Crippen molar-refractivity contribution in [2.24, 2.45) is 10.8 Å². The number of ether oxygens (including phenoxy) is 1. The van der Waals surface area contributed by atoms with Crippen LogP contribution in [0.1, 0.15) is 52.2 Å². The molecule has 1 N–H and O–H groups in total. The maximum atomic E-state index is 11.9. The maximum absolute atomic E-state index is 11.9. The number of carbonyl (C=O) groups excluding carboxylic acids is 1. The van der Waals surface area contributed by atoms with Crippen molar-refractivity contribution in [2.45, 2.75) is 47.5 Å². The number of carbonyl (C=O) groups is 2. The molecule has 0 saturated carbocycles. The molecule has 1 rings (SSSR count). The van der Waals surface area contributed by atoms with E-state index in [0.717, 1.165) is 16.7 Å². The van der Waals surface area contributed by atoms with E-state index in [1.54, 1.807) is 13.2 Å². The Kier molecular flexibility index (Phi) is 12.4. The summed E-state index contributed by atoms with van der Waals surface area (Å²) in [6.07, 6.45) is 8.55. The predicted octanol–water partition coefficient (Wildman–Crippen LogP) is 5.58. The quantitative estimate of drug-likeness (QED) is 0.215. The molecule has 1 unspecified atom stereocenters. The smallest absolute Gasteiger partial charge is 0.317 e. The molecular weight excluding hydrogens is 390 g/mol. The van der Waals surface area contributed by atoms with E-state index in [-0.39, 0.29) is 18.3 Å². The minimum absolute atomic E-state index is 0.165. The van der Waals surface area contributed by atoms with Crippen LogP contribution in [0.2, 0.25) is 0 Å². The van der Waals surface area contributed by atoms with E-state index >= 15 is 0 Å². The molecule has 0 fully saturated rings. The number of carboxylic acids is 1. The van der Waals surface area contributed by atoms with Crippen LogP contribution in [0, 0.1) is 10.8 Å². The van der Waals surface area contributed by atoms with Crippen molar-refractivity contribution in [3.05, 3.63) is 66.4 Å². The molecule has 172 valence electrons. The monoisotopic (exact) mass is 429 g/mol. The summed E-state index contributed by atoms with van der Waals surface area (Å²) in [7, 11) is 3.55. The molecule has 0 aliphatic heterocycles. The van der Waals surface area contributed by atoms with Crippen LogP contribution in [-0.4, -0.2) is 43.2 Å². The third-order valence-electron chi connectivity index (χ3n) is 4.47. The Hall–Kier alpha value is -2.66. The van der Waals surface area contributed by atoms with Crippen LogP contribution in [0.5, 0.6) is 0 Å². The molecule has 0 bridgehead atoms. The van der Waals surface area contributed by atoms with Crippen LogP contribution >= 0.6 is 0 Å². The zero-order chi connectivity index (χ0) is 24.1. The average Bonchev–Trinajstić information content (AvgIpc) is 2.72. The van der Waals surface area contributed by atoms with Gasteiger partial charge in [0.15, 0.2) is 0 Å². The molecular formula is C26H39NO4. The van der Waals surface area contributed by atoms with Gasteiger partial charge in [0, 0.05) is 20.4 Å². The van der Waals surface area contributed by atoms with E-state index in [9.17, 15) is 14.7 Å². The van der Waals surface area contributed by atoms with Gasteiger partial charge in [-0.3, -0.25) is 4.79 Å². The summed E-state index contributed by atoms with van der Waals surface area (Å²) in [5.41, 5.74) is 1.01. The number of nitrogens with zero attached hydrogens (tertiary/aromatic N) is 1. The van der Waals surface area contributed by atoms with Crippen molar-refractivity contribution in [1.29, 1.82) is 0 Å². The van der Waals surface area contributed by atoms with Crippen LogP contribution in [0.15, 0.2) is 55.3 Å². The second-order valence-corrected chi connectivity index (χ2v) is 8.53. The van der Waals surface area contributed by atoms with Crippen molar-refractivity contribution < 1.29 is 19.4 Å². The Morgan fingerprint density at radius 2 is 1.77 bits per heavy atom. The molecule has 5 nitrogen and oxygen atoms in total. The largest absolute Gasteiger partial charge is 0.480 e. The Morgan fingerprint density at radius 1 is 1.19 bits per heavy atom. The first-order valence-electron chi connectivity index (χ1n) is 10.6. The molecule has 31 heavy (non-hydrogen) atoms. The fraction of sp³-hybridized carbons (Fsp3) is 0.462. The highest BCUT2D eigenvalue weighted by atomic mass is 16.5. The van der Waals surface area contributed by atoms with Crippen LogP contribution in [-0.2, 0) is 20.7 Å². The van der Waals surface area contributed by atoms with Gasteiger partial charge >= 0.3 is 5.97 Å². The number of allylic oxidation sites excluding steroid dienone is 4. The summed E-state index contributed by atoms with van der Waals surface area (Å²) < 4.78 is 5.05. The molecule has 0 heterocycles. The lowest BCUT2D eigenvalue weighted by Gasteiger charge is -2.31. The second kappa shape index (κ2) is 13.6. The van der Waals surface area contributed by atoms with Gasteiger partial charge in [-0.25, -0.2) is 0 Å². The lowest BCUT2D eigenvalue weighted by atomic mass is 9.71. The number of hydrogen-bond donors (Lipinski definition) is 1. The summed E-state index contributed by atoms with van der Waals surface area (Å²) in [5.74, 6) is -1.08. The minimum atomic E-state index is -1.43. The first-order chi connectivity index (χ1) is 14.6. The topological polar surface area (TPSA) is 66.8 Å². The Balaban J connectivity index is 0.00000436. The minimum Gasteiger partial charge on any atom is -0.480 e. The molecule has 0 aliphatic rings. The number of rotatable bonds is 11. The van der Waals surface area contributed by atoms with E-state index in [2.05, 4.69) is 6.58 Å². The zero-order valence-corrected chi connectivity index (χ0v) is 20.1. The van der Waals surface area contributed by atoms with Gasteiger partial charge in [0.1, 0.15) is 18.4 Å². The van der Waals surface area contributed by atoms with E-state index in [4.69, 9.17) is 4.74 Å². The highest BCUT2D eigenvalue weighted by Gasteiger charge is 2.41. The molecule has 0 radical (unpaired) electrons. The summed E-state index contributed by atoms with van der Waals surface area (Å²) in [4.78, 5) is 25.6. The number of benzene rings is 1. The Labute approximate surface area is 188 Å². The fourth-order valence-corrected chi connectivity index (χ4v) is 3.30. The van der Waals surface area contributed by atoms with Crippen molar-refractivity contribution >= 4 is 17.8 Å². The van der Waals surface area contributed by atoms with Gasteiger partial charge in [0.05, 0.1) is 0 Å². The lowest BCUT2D eigenvalue weighted by molar-refractivity contribution is -0.153. The number of hydrogen-bond acceptors (Lipinski definition) is 4. The fourth-order valence-electron chi connectivity index (χ4n) is 3.30. The first-order valence-corrected chi connectivity index (χ1v) is 10.6. The van der Waals surface area contributed by atoms with Crippen molar-refractivity contribution in [3.63, 3.8) is 0 Å². The van der Waals surface area contributed by atoms with Crippen LogP contribution in [0.4, 0.5) is 0 Å². The second-order valence-electron chi connectivity index (χ2n) is 8.53. The molecule has 1 aromatic rings. The molecule has 1 aromatic carbocycles. The third kappa shape index (κ3) is 9.79. The number of aldehydes is 1. The van der Waals surface area contributed by atoms with E-state index in [1.165, 1.54) is 0 Å². The van der Waals surface area contributed by atoms with Gasteiger partial charge in [-0.2, -0.15) is 0 Å².